The van der Waals surface area contributed by atoms with Crippen molar-refractivity contribution in [2.24, 2.45) is 0 Å². The van der Waals surface area contributed by atoms with Gasteiger partial charge in [-0.15, -0.1) is 0 Å². The van der Waals surface area contributed by atoms with Gasteiger partial charge < -0.3 is 19.0 Å². The third kappa shape index (κ3) is 1.44. The summed E-state index contributed by atoms with van der Waals surface area (Å²) in [4.78, 5) is 0. The second kappa shape index (κ2) is 3.73. The fraction of sp³-hybridized carbons (Fsp3) is 0.176. The summed E-state index contributed by atoms with van der Waals surface area (Å²) in [5.74, 6) is 1.95. The van der Waals surface area contributed by atoms with Crippen molar-refractivity contribution in [1.29, 1.82) is 0 Å². The normalized spacial score (nSPS) is 22.1. The van der Waals surface area contributed by atoms with Crippen LogP contribution in [-0.4, -0.2) is 11.7 Å². The van der Waals surface area contributed by atoms with Gasteiger partial charge in [0.15, 0.2) is 0 Å². The summed E-state index contributed by atoms with van der Waals surface area (Å²) < 4.78 is 17.4. The maximum Gasteiger partial charge on any atom is 0.138 e. The number of ether oxygens (including phenoxy) is 2. The number of fused-ring (bicyclic) bond motifs is 6. The minimum absolute atomic E-state index is 0.0594. The Bertz CT molecular complexity index is 864. The number of phenolic OH excluding ortho intramolecular Hbond substituents is 1. The maximum atomic E-state index is 9.57. The summed E-state index contributed by atoms with van der Waals surface area (Å²) in [6.07, 6.45) is 1.63. The van der Waals surface area contributed by atoms with Gasteiger partial charge in [-0.25, -0.2) is 0 Å². The first-order valence-corrected chi connectivity index (χ1v) is 6.93. The lowest BCUT2D eigenvalue weighted by Crippen LogP contribution is -2.22. The molecule has 1 N–H and O–H groups in total. The Kier molecular flexibility index (Phi) is 1.97. The van der Waals surface area contributed by atoms with Crippen LogP contribution in [0.2, 0.25) is 0 Å². The lowest BCUT2D eigenvalue weighted by molar-refractivity contribution is 0.139. The molecule has 5 rings (SSSR count). The maximum absolute atomic E-state index is 9.57. The van der Waals surface area contributed by atoms with E-state index in [1.54, 1.807) is 18.4 Å². The molecule has 2 aromatic carbocycles. The van der Waals surface area contributed by atoms with Crippen LogP contribution in [0.25, 0.3) is 11.0 Å². The van der Waals surface area contributed by atoms with E-state index in [4.69, 9.17) is 13.9 Å². The van der Waals surface area contributed by atoms with Crippen molar-refractivity contribution in [1.82, 2.24) is 0 Å². The molecular formula is C17H12O4. The lowest BCUT2D eigenvalue weighted by atomic mass is 9.89. The van der Waals surface area contributed by atoms with Gasteiger partial charge in [0.05, 0.1) is 18.8 Å². The molecule has 0 amide bonds. The van der Waals surface area contributed by atoms with Crippen LogP contribution < -0.4 is 9.47 Å². The van der Waals surface area contributed by atoms with Crippen LogP contribution in [0.4, 0.5) is 0 Å². The molecule has 2 aliphatic heterocycles. The van der Waals surface area contributed by atoms with Crippen molar-refractivity contribution < 1.29 is 19.0 Å². The molecule has 4 nitrogen and oxygen atoms in total. The molecule has 2 unspecified atom stereocenters. The van der Waals surface area contributed by atoms with Crippen LogP contribution in [0.15, 0.2) is 47.1 Å². The van der Waals surface area contributed by atoms with Crippen LogP contribution in [-0.2, 0) is 0 Å². The molecule has 21 heavy (non-hydrogen) atoms. The Labute approximate surface area is 120 Å². The minimum Gasteiger partial charge on any atom is -0.508 e. The monoisotopic (exact) mass is 280 g/mol. The Morgan fingerprint density at radius 2 is 1.95 bits per heavy atom. The number of rotatable bonds is 0. The van der Waals surface area contributed by atoms with Gasteiger partial charge in [0.1, 0.15) is 28.9 Å². The Morgan fingerprint density at radius 1 is 1.00 bits per heavy atom. The van der Waals surface area contributed by atoms with Crippen molar-refractivity contribution in [3.8, 4) is 17.2 Å². The van der Waals surface area contributed by atoms with E-state index >= 15 is 0 Å². The van der Waals surface area contributed by atoms with Gasteiger partial charge in [-0.05, 0) is 24.3 Å². The highest BCUT2D eigenvalue weighted by atomic mass is 16.5. The third-order valence-corrected chi connectivity index (χ3v) is 4.33. The molecule has 0 saturated carbocycles. The first-order valence-electron chi connectivity index (χ1n) is 6.93. The van der Waals surface area contributed by atoms with Crippen molar-refractivity contribution in [2.75, 3.05) is 6.61 Å². The molecule has 2 atom stereocenters. The van der Waals surface area contributed by atoms with E-state index in [0.29, 0.717) is 12.4 Å². The number of hydrogen-bond donors (Lipinski definition) is 1. The molecule has 3 heterocycles. The molecule has 0 radical (unpaired) electrons. The van der Waals surface area contributed by atoms with Gasteiger partial charge in [-0.1, -0.05) is 0 Å². The van der Waals surface area contributed by atoms with Crippen LogP contribution in [0.3, 0.4) is 0 Å². The van der Waals surface area contributed by atoms with Gasteiger partial charge in [0, 0.05) is 28.6 Å². The van der Waals surface area contributed by atoms with E-state index in [2.05, 4.69) is 6.07 Å². The molecule has 0 spiro atoms. The summed E-state index contributed by atoms with van der Waals surface area (Å²) in [6.45, 7) is 0.553. The summed E-state index contributed by atoms with van der Waals surface area (Å²) in [6, 6.07) is 11.2. The zero-order valence-electron chi connectivity index (χ0n) is 11.1. The molecule has 0 bridgehead atoms. The SMILES string of the molecule is Oc1ccc2c(c1)OCC1c3cc4ccoc4cc3OC21. The smallest absolute Gasteiger partial charge is 0.138 e. The first kappa shape index (κ1) is 11.1. The standard InChI is InChI=1S/C17H12O4/c18-10-1-2-11-15(6-10)20-8-13-12-5-9-3-4-19-14(9)7-16(12)21-17(11)13/h1-7,13,17-18H,8H2. The predicted octanol–water partition coefficient (Wildman–Crippen LogP) is 3.75. The number of benzene rings is 2. The van der Waals surface area contributed by atoms with E-state index in [1.807, 2.05) is 18.2 Å². The molecular weight excluding hydrogens is 268 g/mol. The molecule has 3 aromatic rings. The van der Waals surface area contributed by atoms with Crippen molar-refractivity contribution >= 4 is 11.0 Å². The number of hydrogen-bond acceptors (Lipinski definition) is 4. The summed E-state index contributed by atoms with van der Waals surface area (Å²) in [7, 11) is 0. The van der Waals surface area contributed by atoms with Crippen molar-refractivity contribution in [2.45, 2.75) is 12.0 Å². The quantitative estimate of drug-likeness (QED) is 0.681. The van der Waals surface area contributed by atoms with Gasteiger partial charge in [0.25, 0.3) is 0 Å². The highest BCUT2D eigenvalue weighted by Gasteiger charge is 2.41. The fourth-order valence-corrected chi connectivity index (χ4v) is 3.30. The van der Waals surface area contributed by atoms with E-state index < -0.39 is 0 Å². The highest BCUT2D eigenvalue weighted by Crippen LogP contribution is 2.52. The number of furan rings is 1. The average Bonchev–Trinajstić information content (AvgIpc) is 3.07. The van der Waals surface area contributed by atoms with Gasteiger partial charge in [-0.3, -0.25) is 0 Å². The Hall–Kier alpha value is -2.62. The average molecular weight is 280 g/mol. The highest BCUT2D eigenvalue weighted by molar-refractivity contribution is 5.81. The Morgan fingerprint density at radius 3 is 2.90 bits per heavy atom. The molecule has 2 aliphatic rings. The first-order chi connectivity index (χ1) is 10.3. The van der Waals surface area contributed by atoms with Crippen molar-refractivity contribution in [3.63, 3.8) is 0 Å². The summed E-state index contributed by atoms with van der Waals surface area (Å²) in [5, 5.41) is 10.6. The van der Waals surface area contributed by atoms with Crippen LogP contribution in [0.1, 0.15) is 23.1 Å². The third-order valence-electron chi connectivity index (χ3n) is 4.33. The fourth-order valence-electron chi connectivity index (χ4n) is 3.30. The van der Waals surface area contributed by atoms with E-state index in [0.717, 1.165) is 27.8 Å². The Balaban J connectivity index is 1.66. The van der Waals surface area contributed by atoms with E-state index in [1.165, 1.54) is 0 Å². The second-order valence-electron chi connectivity index (χ2n) is 5.53. The second-order valence-corrected chi connectivity index (χ2v) is 5.53. The largest absolute Gasteiger partial charge is 0.508 e. The molecule has 0 saturated heterocycles. The number of aromatic hydroxyl groups is 1. The van der Waals surface area contributed by atoms with E-state index in [-0.39, 0.29) is 17.8 Å². The predicted molar refractivity (Wildman–Crippen MR) is 75.9 cm³/mol. The van der Waals surface area contributed by atoms with Crippen LogP contribution in [0, 0.1) is 0 Å². The number of phenols is 1. The lowest BCUT2D eigenvalue weighted by Gasteiger charge is -2.27. The van der Waals surface area contributed by atoms with Crippen LogP contribution in [0.5, 0.6) is 17.2 Å². The topological polar surface area (TPSA) is 51.8 Å². The van der Waals surface area contributed by atoms with Gasteiger partial charge in [0.2, 0.25) is 0 Å². The zero-order chi connectivity index (χ0) is 14.0. The minimum atomic E-state index is -0.0594. The molecule has 104 valence electrons. The van der Waals surface area contributed by atoms with E-state index in [9.17, 15) is 5.11 Å². The molecule has 0 aliphatic carbocycles. The van der Waals surface area contributed by atoms with Gasteiger partial charge in [-0.2, -0.15) is 0 Å². The zero-order valence-corrected chi connectivity index (χ0v) is 11.1. The summed E-state index contributed by atoms with van der Waals surface area (Å²) in [5.41, 5.74) is 2.98. The van der Waals surface area contributed by atoms with Crippen LogP contribution >= 0.6 is 0 Å². The summed E-state index contributed by atoms with van der Waals surface area (Å²) >= 11 is 0. The van der Waals surface area contributed by atoms with Crippen molar-refractivity contribution in [3.05, 3.63) is 53.8 Å². The molecule has 0 fully saturated rings. The molecule has 1 aromatic heterocycles. The molecule has 4 heteroatoms. The van der Waals surface area contributed by atoms with Gasteiger partial charge >= 0.3 is 0 Å².